The molecule has 0 fully saturated rings. The number of benzene rings is 4. The van der Waals surface area contributed by atoms with E-state index in [2.05, 4.69) is 9.31 Å². The van der Waals surface area contributed by atoms with Gasteiger partial charge < -0.3 is 9.31 Å². The number of rotatable bonds is 6. The molecule has 2 atom stereocenters. The zero-order valence-electron chi connectivity index (χ0n) is 25.1. The van der Waals surface area contributed by atoms with Gasteiger partial charge in [0.05, 0.1) is 27.8 Å². The second-order valence-corrected chi connectivity index (χ2v) is 11.0. The Morgan fingerprint density at radius 2 is 0.536 bits per heavy atom. The van der Waals surface area contributed by atoms with E-state index in [1.54, 1.807) is 0 Å². The van der Waals surface area contributed by atoms with Gasteiger partial charge in [-0.1, -0.05) is 0 Å². The first kappa shape index (κ1) is 40.4. The van der Waals surface area contributed by atoms with Gasteiger partial charge in [0.15, 0.2) is 105 Å². The first-order valence-corrected chi connectivity index (χ1v) is 13.8. The first-order chi connectivity index (χ1) is 25.8. The van der Waals surface area contributed by atoms with E-state index in [9.17, 15) is 74.6 Å². The summed E-state index contributed by atoms with van der Waals surface area (Å²) in [5.74, 6) is -81.5. The predicted octanol–water partition coefficient (Wildman–Crippen LogP) is 10.3. The minimum Gasteiger partial charge on any atom is -0.366 e. The smallest absolute Gasteiger partial charge is 0.366 e. The number of alkyl halides is 2. The maximum absolute atomic E-state index is 16.5. The lowest BCUT2D eigenvalue weighted by molar-refractivity contribution is -0.113. The SMILES string of the molecule is FC1=C(F)C(F)(OB(OC2(F)C(F)=C(F)c3c(F)c(F)c(F)c(F)c32)c2c(F)c(F)c(F)c(F)c2-c2c(F)c(F)c(F)c(F)c2F)c2c(F)c(F)c(F)c(F)c21. The topological polar surface area (TPSA) is 18.5 Å². The van der Waals surface area contributed by atoms with Crippen molar-refractivity contribution < 1.29 is 110 Å². The van der Waals surface area contributed by atoms with E-state index in [0.29, 0.717) is 0 Å². The van der Waals surface area contributed by atoms with E-state index < -0.39 is 180 Å². The minimum absolute atomic E-state index is 2.72. The number of fused-ring (bicyclic) bond motifs is 2. The van der Waals surface area contributed by atoms with E-state index in [4.69, 9.17) is 0 Å². The molecule has 0 radical (unpaired) electrons. The molecule has 0 aromatic heterocycles. The lowest BCUT2D eigenvalue weighted by Gasteiger charge is -2.31. The van der Waals surface area contributed by atoms with Crippen LogP contribution in [0.2, 0.25) is 0 Å². The Morgan fingerprint density at radius 1 is 0.286 bits per heavy atom. The molecule has 2 aliphatic rings. The fourth-order valence-electron chi connectivity index (χ4n) is 5.60. The van der Waals surface area contributed by atoms with Gasteiger partial charge >= 0.3 is 7.12 Å². The first-order valence-electron chi connectivity index (χ1n) is 13.8. The lowest BCUT2D eigenvalue weighted by atomic mass is 9.72. The Bertz CT molecular complexity index is 2420. The van der Waals surface area contributed by atoms with Gasteiger partial charge in [0.25, 0.3) is 11.7 Å². The molecule has 4 aromatic carbocycles. The van der Waals surface area contributed by atoms with Crippen LogP contribution in [0.15, 0.2) is 11.7 Å². The van der Waals surface area contributed by atoms with Gasteiger partial charge in [-0.25, -0.2) is 92.2 Å². The van der Waals surface area contributed by atoms with Crippen LogP contribution in [0.5, 0.6) is 0 Å². The summed E-state index contributed by atoms with van der Waals surface area (Å²) in [5.41, 5.74) is -21.0. The summed E-state index contributed by atoms with van der Waals surface area (Å²) in [6.45, 7) is 0. The third-order valence-corrected chi connectivity index (χ3v) is 8.10. The lowest BCUT2D eigenvalue weighted by Crippen LogP contribution is -2.50. The minimum atomic E-state index is -5.88. The van der Waals surface area contributed by atoms with Crippen molar-refractivity contribution in [2.24, 2.45) is 0 Å². The molecule has 0 bridgehead atoms. The zero-order valence-corrected chi connectivity index (χ0v) is 25.1. The van der Waals surface area contributed by atoms with Crippen LogP contribution < -0.4 is 5.46 Å². The summed E-state index contributed by atoms with van der Waals surface area (Å²) in [7, 11) is -4.97. The van der Waals surface area contributed by atoms with Gasteiger partial charge in [-0.05, 0) is 0 Å². The number of hydrogen-bond acceptors (Lipinski definition) is 2. The van der Waals surface area contributed by atoms with Gasteiger partial charge in [0, 0.05) is 11.0 Å². The van der Waals surface area contributed by atoms with Crippen LogP contribution >= 0.6 is 0 Å². The van der Waals surface area contributed by atoms with Gasteiger partial charge in [-0.3, -0.25) is 0 Å². The van der Waals surface area contributed by atoms with Crippen molar-refractivity contribution in [2.75, 3.05) is 0 Å². The quantitative estimate of drug-likeness (QED) is 0.0834. The van der Waals surface area contributed by atoms with Gasteiger partial charge in [0.2, 0.25) is 17.5 Å². The normalized spacial score (nSPS) is 19.1. The maximum Gasteiger partial charge on any atom is 0.503 e. The highest BCUT2D eigenvalue weighted by Crippen LogP contribution is 2.56. The molecule has 6 rings (SSSR count). The van der Waals surface area contributed by atoms with E-state index in [1.807, 2.05) is 0 Å². The average molecular weight is 840 g/mol. The standard InChI is InChI=1S/C30BF23O2/c32-8-1(2-9(33)19(43)26(50)20(44)10(2)34)7(17(41)25(49)18(8)42)31(55-29(53)5-3(13(37)27(29)51)11(35)21(45)23(47)15(5)39)56-30(54)6-4(14(38)28(30)52)12(36)22(46)24(48)16(6)40. The van der Waals surface area contributed by atoms with Crippen LogP contribution in [0.4, 0.5) is 101 Å². The van der Waals surface area contributed by atoms with Crippen molar-refractivity contribution in [3.63, 3.8) is 0 Å². The summed E-state index contributed by atoms with van der Waals surface area (Å²) >= 11 is 0. The van der Waals surface area contributed by atoms with Crippen LogP contribution in [-0.4, -0.2) is 7.12 Å². The second-order valence-electron chi connectivity index (χ2n) is 11.0. The van der Waals surface area contributed by atoms with Gasteiger partial charge in [-0.15, -0.1) is 0 Å². The van der Waals surface area contributed by atoms with Crippen molar-refractivity contribution in [3.8, 4) is 11.1 Å². The van der Waals surface area contributed by atoms with E-state index in [-0.39, 0.29) is 0 Å². The largest absolute Gasteiger partial charge is 0.503 e. The van der Waals surface area contributed by atoms with Gasteiger partial charge in [0.1, 0.15) is 0 Å². The highest BCUT2D eigenvalue weighted by Gasteiger charge is 2.62. The molecule has 0 N–H and O–H groups in total. The molecule has 0 saturated heterocycles. The molecule has 296 valence electrons. The summed E-state index contributed by atoms with van der Waals surface area (Å²) in [6.07, 6.45) is 0. The molecular formula is C30BF23O2. The fourth-order valence-corrected chi connectivity index (χ4v) is 5.60. The zero-order chi connectivity index (χ0) is 42.2. The Balaban J connectivity index is 1.78. The maximum atomic E-state index is 16.5. The summed E-state index contributed by atoms with van der Waals surface area (Å²) < 4.78 is 349. The summed E-state index contributed by atoms with van der Waals surface area (Å²) in [4.78, 5) is 0. The molecule has 2 nitrogen and oxygen atoms in total. The van der Waals surface area contributed by atoms with E-state index >= 15 is 26.3 Å². The third-order valence-electron chi connectivity index (χ3n) is 8.10. The summed E-state index contributed by atoms with van der Waals surface area (Å²) in [5, 5.41) is 0. The van der Waals surface area contributed by atoms with Crippen LogP contribution in [0.25, 0.3) is 22.8 Å². The molecular weight excluding hydrogens is 840 g/mol. The number of hydrogen-bond donors (Lipinski definition) is 0. The Hall–Kier alpha value is -5.27. The molecule has 2 aliphatic carbocycles. The molecule has 0 saturated carbocycles. The number of halogens is 23. The highest BCUT2D eigenvalue weighted by molar-refractivity contribution is 6.63. The van der Waals surface area contributed by atoms with Crippen LogP contribution in [0, 0.1) is 98.9 Å². The molecule has 2 unspecified atom stereocenters. The Kier molecular flexibility index (Phi) is 9.30. The van der Waals surface area contributed by atoms with E-state index in [1.165, 1.54) is 0 Å². The molecule has 0 aliphatic heterocycles. The van der Waals surface area contributed by atoms with Crippen LogP contribution in [-0.2, 0) is 21.0 Å². The van der Waals surface area contributed by atoms with Crippen molar-refractivity contribution in [2.45, 2.75) is 11.7 Å². The van der Waals surface area contributed by atoms with Crippen molar-refractivity contribution in [1.82, 2.24) is 0 Å². The van der Waals surface area contributed by atoms with Crippen molar-refractivity contribution in [3.05, 3.63) is 133 Å². The Labute approximate surface area is 290 Å². The monoisotopic (exact) mass is 840 g/mol. The van der Waals surface area contributed by atoms with Crippen LogP contribution in [0.3, 0.4) is 0 Å². The molecule has 0 heterocycles. The van der Waals surface area contributed by atoms with Crippen LogP contribution in [0.1, 0.15) is 22.3 Å². The fraction of sp³-hybridized carbons (Fsp3) is 0.0667. The molecule has 0 amide bonds. The molecule has 0 spiro atoms. The van der Waals surface area contributed by atoms with E-state index in [0.717, 1.165) is 0 Å². The second kappa shape index (κ2) is 12.9. The highest BCUT2D eigenvalue weighted by atomic mass is 19.2. The predicted molar refractivity (Wildman–Crippen MR) is 135 cm³/mol. The van der Waals surface area contributed by atoms with Crippen molar-refractivity contribution >= 4 is 24.2 Å². The molecule has 56 heavy (non-hydrogen) atoms. The summed E-state index contributed by atoms with van der Waals surface area (Å²) in [6, 6.07) is 0. The Morgan fingerprint density at radius 3 is 0.875 bits per heavy atom. The van der Waals surface area contributed by atoms with Crippen molar-refractivity contribution in [1.29, 1.82) is 0 Å². The third kappa shape index (κ3) is 5.02. The molecule has 4 aromatic rings. The van der Waals surface area contributed by atoms with Gasteiger partial charge in [-0.2, -0.15) is 8.78 Å². The average Bonchev–Trinajstić information content (AvgIpc) is 3.47. The molecule has 26 heteroatoms.